The maximum atomic E-state index is 12.8. The van der Waals surface area contributed by atoms with Gasteiger partial charge in [-0.3, -0.25) is 4.79 Å². The van der Waals surface area contributed by atoms with Crippen molar-refractivity contribution < 1.29 is 14.2 Å². The molecule has 0 saturated carbocycles. The molecular formula is C22H19N3O4S. The Labute approximate surface area is 176 Å². The number of hydrogen-bond acceptors (Lipinski definition) is 7. The Morgan fingerprint density at radius 2 is 2.00 bits per heavy atom. The molecule has 0 saturated heterocycles. The Hall–Kier alpha value is -3.39. The average Bonchev–Trinajstić information content (AvgIpc) is 3.32. The van der Waals surface area contributed by atoms with Crippen LogP contribution >= 0.6 is 11.3 Å². The number of nitrogens with zero attached hydrogens (tertiary/aromatic N) is 3. The summed E-state index contributed by atoms with van der Waals surface area (Å²) in [5.41, 5.74) is 0.721. The minimum atomic E-state index is -0.450. The second-order valence-electron chi connectivity index (χ2n) is 6.86. The van der Waals surface area contributed by atoms with Crippen LogP contribution in [0.1, 0.15) is 30.8 Å². The van der Waals surface area contributed by atoms with Crippen molar-refractivity contribution in [2.75, 3.05) is 13.2 Å². The Morgan fingerprint density at radius 3 is 2.77 bits per heavy atom. The summed E-state index contributed by atoms with van der Waals surface area (Å²) in [7, 11) is 0. The highest BCUT2D eigenvalue weighted by Crippen LogP contribution is 2.35. The molecule has 7 nitrogen and oxygen atoms in total. The van der Waals surface area contributed by atoms with Crippen molar-refractivity contribution in [1.29, 1.82) is 0 Å². The molecular weight excluding hydrogens is 402 g/mol. The van der Waals surface area contributed by atoms with Crippen molar-refractivity contribution in [2.45, 2.75) is 19.4 Å². The average molecular weight is 421 g/mol. The van der Waals surface area contributed by atoms with Gasteiger partial charge < -0.3 is 14.2 Å². The minimum absolute atomic E-state index is 0.197. The first-order chi connectivity index (χ1) is 14.7. The number of thiazole rings is 1. The van der Waals surface area contributed by atoms with Gasteiger partial charge in [-0.25, -0.2) is 0 Å². The molecule has 1 aliphatic heterocycles. The summed E-state index contributed by atoms with van der Waals surface area (Å²) in [5.74, 6) is 2.61. The third-order valence-corrected chi connectivity index (χ3v) is 5.60. The van der Waals surface area contributed by atoms with Crippen LogP contribution in [-0.4, -0.2) is 27.8 Å². The molecule has 5 rings (SSSR count). The lowest BCUT2D eigenvalue weighted by Gasteiger charge is -2.24. The summed E-state index contributed by atoms with van der Waals surface area (Å²) in [4.78, 5) is 17.8. The molecule has 2 aromatic carbocycles. The predicted molar refractivity (Wildman–Crippen MR) is 113 cm³/mol. The zero-order valence-electron chi connectivity index (χ0n) is 16.3. The number of hydrogen-bond donors (Lipinski definition) is 0. The van der Waals surface area contributed by atoms with Crippen LogP contribution < -0.4 is 24.3 Å². The molecule has 8 heteroatoms. The van der Waals surface area contributed by atoms with Crippen LogP contribution in [0.3, 0.4) is 0 Å². The summed E-state index contributed by atoms with van der Waals surface area (Å²) in [5, 5.41) is 4.38. The van der Waals surface area contributed by atoms with E-state index in [1.807, 2.05) is 54.6 Å². The highest BCUT2D eigenvalue weighted by atomic mass is 32.1. The molecule has 0 radical (unpaired) electrons. The van der Waals surface area contributed by atoms with Gasteiger partial charge in [0.2, 0.25) is 4.96 Å². The predicted octanol–water partition coefficient (Wildman–Crippen LogP) is 3.00. The number of ether oxygens (including phenoxy) is 3. The number of fused-ring (bicyclic) bond motifs is 2. The first kappa shape index (κ1) is 18.6. The van der Waals surface area contributed by atoms with E-state index in [0.29, 0.717) is 40.0 Å². The first-order valence-electron chi connectivity index (χ1n) is 9.74. The minimum Gasteiger partial charge on any atom is -0.494 e. The molecule has 30 heavy (non-hydrogen) atoms. The quantitative estimate of drug-likeness (QED) is 0.493. The van der Waals surface area contributed by atoms with Gasteiger partial charge in [-0.05, 0) is 42.3 Å². The number of aromatic nitrogens is 3. The Bertz CT molecular complexity index is 1300. The van der Waals surface area contributed by atoms with E-state index in [-0.39, 0.29) is 5.56 Å². The van der Waals surface area contributed by atoms with E-state index in [2.05, 4.69) is 17.0 Å². The van der Waals surface area contributed by atoms with E-state index in [0.717, 1.165) is 17.7 Å². The van der Waals surface area contributed by atoms with Crippen LogP contribution in [0.5, 0.6) is 17.2 Å². The molecule has 2 aromatic heterocycles. The zero-order valence-corrected chi connectivity index (χ0v) is 17.1. The molecule has 0 fully saturated rings. The molecule has 1 atom stereocenters. The Kier molecular flexibility index (Phi) is 4.84. The highest BCUT2D eigenvalue weighted by Gasteiger charge is 2.27. The Morgan fingerprint density at radius 1 is 1.20 bits per heavy atom. The van der Waals surface area contributed by atoms with Crippen LogP contribution in [0.25, 0.3) is 11.0 Å². The van der Waals surface area contributed by atoms with Crippen LogP contribution in [-0.2, 0) is 0 Å². The summed E-state index contributed by atoms with van der Waals surface area (Å²) >= 11 is 1.30. The summed E-state index contributed by atoms with van der Waals surface area (Å²) in [6.45, 7) is 3.05. The maximum Gasteiger partial charge on any atom is 0.291 e. The molecule has 4 aromatic rings. The maximum absolute atomic E-state index is 12.8. The van der Waals surface area contributed by atoms with Crippen molar-refractivity contribution in [1.82, 2.24) is 14.6 Å². The molecule has 0 unspecified atom stereocenters. The highest BCUT2D eigenvalue weighted by molar-refractivity contribution is 7.15. The second-order valence-corrected chi connectivity index (χ2v) is 7.87. The van der Waals surface area contributed by atoms with Crippen LogP contribution in [0.15, 0.2) is 53.3 Å². The standard InChI is InChI=1S/C22H19N3O4S/c1-2-11-27-15-9-7-14(8-10-15)12-19-21(26)25-22(30-19)23-20(24-25)18-13-28-16-5-3-4-6-17(16)29-18/h3-10,12,18H,2,11,13H2,1H3/b19-12+/t18-/m0/s1. The molecule has 3 heterocycles. The van der Waals surface area contributed by atoms with E-state index < -0.39 is 6.10 Å². The zero-order chi connectivity index (χ0) is 20.5. The molecule has 0 amide bonds. The van der Waals surface area contributed by atoms with Crippen LogP contribution in [0.4, 0.5) is 0 Å². The lowest BCUT2D eigenvalue weighted by Crippen LogP contribution is -2.26. The number of benzene rings is 2. The van der Waals surface area contributed by atoms with Crippen molar-refractivity contribution in [3.8, 4) is 17.2 Å². The fourth-order valence-electron chi connectivity index (χ4n) is 3.16. The van der Waals surface area contributed by atoms with E-state index in [1.165, 1.54) is 15.9 Å². The number of rotatable bonds is 5. The van der Waals surface area contributed by atoms with Crippen molar-refractivity contribution in [3.05, 3.63) is 74.8 Å². The SMILES string of the molecule is CCCOc1ccc(/C=c2/sc3nc([C@@H]4COc5ccccc5O4)nn3c2=O)cc1. The van der Waals surface area contributed by atoms with Gasteiger partial charge in [-0.2, -0.15) is 9.50 Å². The molecule has 152 valence electrons. The van der Waals surface area contributed by atoms with Gasteiger partial charge in [0.15, 0.2) is 23.4 Å². The van der Waals surface area contributed by atoms with Crippen LogP contribution in [0, 0.1) is 0 Å². The van der Waals surface area contributed by atoms with Crippen LogP contribution in [0.2, 0.25) is 0 Å². The van der Waals surface area contributed by atoms with Gasteiger partial charge >= 0.3 is 0 Å². The molecule has 1 aliphatic rings. The lowest BCUT2D eigenvalue weighted by atomic mass is 10.2. The fourth-order valence-corrected chi connectivity index (χ4v) is 4.08. The van der Waals surface area contributed by atoms with Gasteiger partial charge in [-0.1, -0.05) is 42.5 Å². The third-order valence-electron chi connectivity index (χ3n) is 4.65. The second kappa shape index (κ2) is 7.79. The number of para-hydroxylation sites is 2. The summed E-state index contributed by atoms with van der Waals surface area (Å²) < 4.78 is 19.2. The smallest absolute Gasteiger partial charge is 0.291 e. The molecule has 0 N–H and O–H groups in total. The van der Waals surface area contributed by atoms with Crippen molar-refractivity contribution in [3.63, 3.8) is 0 Å². The van der Waals surface area contributed by atoms with Gasteiger partial charge in [0.1, 0.15) is 12.4 Å². The largest absolute Gasteiger partial charge is 0.494 e. The van der Waals surface area contributed by atoms with E-state index in [4.69, 9.17) is 14.2 Å². The van der Waals surface area contributed by atoms with E-state index in [9.17, 15) is 4.79 Å². The van der Waals surface area contributed by atoms with Gasteiger partial charge in [0, 0.05) is 0 Å². The fraction of sp³-hybridized carbons (Fsp3) is 0.227. The van der Waals surface area contributed by atoms with Crippen molar-refractivity contribution >= 4 is 22.4 Å². The monoisotopic (exact) mass is 421 g/mol. The lowest BCUT2D eigenvalue weighted by molar-refractivity contribution is 0.0852. The Balaban J connectivity index is 1.40. The normalized spacial score (nSPS) is 16.2. The molecule has 0 bridgehead atoms. The third kappa shape index (κ3) is 3.50. The molecule has 0 spiro atoms. The first-order valence-corrected chi connectivity index (χ1v) is 10.6. The topological polar surface area (TPSA) is 74.9 Å². The van der Waals surface area contributed by atoms with Gasteiger partial charge in [0.05, 0.1) is 11.1 Å². The summed E-state index contributed by atoms with van der Waals surface area (Å²) in [6, 6.07) is 15.1. The molecule has 0 aliphatic carbocycles. The van der Waals surface area contributed by atoms with E-state index >= 15 is 0 Å². The van der Waals surface area contributed by atoms with Crippen molar-refractivity contribution in [2.24, 2.45) is 0 Å². The van der Waals surface area contributed by atoms with Gasteiger partial charge in [-0.15, -0.1) is 5.10 Å². The van der Waals surface area contributed by atoms with E-state index in [1.54, 1.807) is 0 Å². The summed E-state index contributed by atoms with van der Waals surface area (Å²) in [6.07, 6.45) is 2.35. The van der Waals surface area contributed by atoms with Gasteiger partial charge in [0.25, 0.3) is 5.56 Å².